The summed E-state index contributed by atoms with van der Waals surface area (Å²) in [7, 11) is 0. The molecule has 17 heavy (non-hydrogen) atoms. The molecule has 0 radical (unpaired) electrons. The fourth-order valence-electron chi connectivity index (χ4n) is 1.72. The highest BCUT2D eigenvalue weighted by molar-refractivity contribution is 7.22. The third-order valence-corrected chi connectivity index (χ3v) is 4.03. The van der Waals surface area contributed by atoms with Gasteiger partial charge in [-0.25, -0.2) is 4.98 Å². The average Bonchev–Trinajstić information content (AvgIpc) is 2.75. The largest absolute Gasteiger partial charge is 0.398 e. The molecule has 0 bridgehead atoms. The zero-order valence-electron chi connectivity index (χ0n) is 8.85. The Morgan fingerprint density at radius 1 is 1.06 bits per heavy atom. The topological polar surface area (TPSA) is 38.9 Å². The van der Waals surface area contributed by atoms with Crippen molar-refractivity contribution in [3.8, 4) is 10.6 Å². The van der Waals surface area contributed by atoms with Crippen molar-refractivity contribution in [2.75, 3.05) is 5.73 Å². The van der Waals surface area contributed by atoms with Crippen LogP contribution in [0.25, 0.3) is 20.8 Å². The number of nitrogens with zero attached hydrogens (tertiary/aromatic N) is 1. The van der Waals surface area contributed by atoms with Crippen molar-refractivity contribution in [2.45, 2.75) is 0 Å². The van der Waals surface area contributed by atoms with Crippen molar-refractivity contribution < 1.29 is 0 Å². The Morgan fingerprint density at radius 2 is 1.88 bits per heavy atom. The molecular weight excluding hydrogens is 252 g/mol. The molecule has 4 heteroatoms. The van der Waals surface area contributed by atoms with Crippen molar-refractivity contribution >= 4 is 38.8 Å². The van der Waals surface area contributed by atoms with Gasteiger partial charge in [0.05, 0.1) is 20.9 Å². The maximum atomic E-state index is 6.16. The minimum atomic E-state index is 0.713. The Labute approximate surface area is 108 Å². The molecule has 2 N–H and O–H groups in total. The molecule has 0 aliphatic carbocycles. The molecule has 0 atom stereocenters. The summed E-state index contributed by atoms with van der Waals surface area (Å²) in [6.45, 7) is 0. The van der Waals surface area contributed by atoms with Gasteiger partial charge in [-0.3, -0.25) is 0 Å². The highest BCUT2D eigenvalue weighted by Gasteiger charge is 2.10. The minimum Gasteiger partial charge on any atom is -0.398 e. The number of hydrogen-bond donors (Lipinski definition) is 1. The van der Waals surface area contributed by atoms with E-state index in [1.54, 1.807) is 11.3 Å². The molecule has 0 amide bonds. The number of anilines is 1. The monoisotopic (exact) mass is 260 g/mol. The van der Waals surface area contributed by atoms with Crippen molar-refractivity contribution in [3.05, 3.63) is 47.5 Å². The second kappa shape index (κ2) is 4.02. The number of halogens is 1. The van der Waals surface area contributed by atoms with E-state index in [0.29, 0.717) is 5.02 Å². The van der Waals surface area contributed by atoms with Crippen LogP contribution in [0.5, 0.6) is 0 Å². The Hall–Kier alpha value is -1.58. The predicted octanol–water partition coefficient (Wildman–Crippen LogP) is 4.20. The zero-order valence-corrected chi connectivity index (χ0v) is 10.4. The predicted molar refractivity (Wildman–Crippen MR) is 74.5 cm³/mol. The molecule has 0 unspecified atom stereocenters. The van der Waals surface area contributed by atoms with Gasteiger partial charge in [-0.15, -0.1) is 11.3 Å². The van der Waals surface area contributed by atoms with Crippen LogP contribution in [0.4, 0.5) is 5.69 Å². The second-order valence-corrected chi connectivity index (χ2v) is 5.10. The number of nitrogen functional groups attached to an aromatic ring is 1. The van der Waals surface area contributed by atoms with E-state index < -0.39 is 0 Å². The highest BCUT2D eigenvalue weighted by Crippen LogP contribution is 2.36. The summed E-state index contributed by atoms with van der Waals surface area (Å²) in [5, 5.41) is 1.62. The Morgan fingerprint density at radius 3 is 2.65 bits per heavy atom. The van der Waals surface area contributed by atoms with Crippen molar-refractivity contribution in [3.63, 3.8) is 0 Å². The summed E-state index contributed by atoms with van der Waals surface area (Å²) in [6, 6.07) is 13.5. The van der Waals surface area contributed by atoms with E-state index in [1.165, 1.54) is 0 Å². The Bertz CT molecular complexity index is 691. The molecule has 0 saturated heterocycles. The van der Waals surface area contributed by atoms with Crippen LogP contribution in [-0.4, -0.2) is 4.98 Å². The first-order valence-corrected chi connectivity index (χ1v) is 6.35. The quantitative estimate of drug-likeness (QED) is 0.666. The summed E-state index contributed by atoms with van der Waals surface area (Å²) in [6.07, 6.45) is 0. The lowest BCUT2D eigenvalue weighted by molar-refractivity contribution is 1.48. The minimum absolute atomic E-state index is 0.713. The molecule has 2 nitrogen and oxygen atoms in total. The third kappa shape index (κ3) is 1.77. The third-order valence-electron chi connectivity index (χ3n) is 2.55. The van der Waals surface area contributed by atoms with E-state index in [4.69, 9.17) is 17.3 Å². The number of thiazole rings is 1. The van der Waals surface area contributed by atoms with Gasteiger partial charge in [-0.2, -0.15) is 0 Å². The van der Waals surface area contributed by atoms with E-state index in [0.717, 1.165) is 26.5 Å². The fraction of sp³-hybridized carbons (Fsp3) is 0. The van der Waals surface area contributed by atoms with Crippen LogP contribution in [0.2, 0.25) is 5.02 Å². The standard InChI is InChI=1S/C13H9ClN2S/c14-9-5-2-1-4-8(9)13-16-11-7-3-6-10(15)12(11)17-13/h1-7H,15H2. The molecule has 0 aliphatic rings. The van der Waals surface area contributed by atoms with Crippen LogP contribution in [0, 0.1) is 0 Å². The summed E-state index contributed by atoms with van der Waals surface area (Å²) in [5.74, 6) is 0. The number of rotatable bonds is 1. The average molecular weight is 261 g/mol. The number of fused-ring (bicyclic) bond motifs is 1. The van der Waals surface area contributed by atoms with E-state index in [2.05, 4.69) is 4.98 Å². The molecule has 3 aromatic rings. The van der Waals surface area contributed by atoms with Crippen LogP contribution in [0.3, 0.4) is 0 Å². The van der Waals surface area contributed by atoms with Crippen LogP contribution in [0.15, 0.2) is 42.5 Å². The number of benzene rings is 2. The molecule has 0 fully saturated rings. The first kappa shape index (κ1) is 10.6. The molecule has 0 aliphatic heterocycles. The molecule has 2 aromatic carbocycles. The molecular formula is C13H9ClN2S. The van der Waals surface area contributed by atoms with Gasteiger partial charge in [0.15, 0.2) is 0 Å². The van der Waals surface area contributed by atoms with Gasteiger partial charge < -0.3 is 5.73 Å². The van der Waals surface area contributed by atoms with Gasteiger partial charge in [0.1, 0.15) is 5.01 Å². The van der Waals surface area contributed by atoms with E-state index >= 15 is 0 Å². The summed E-state index contributed by atoms with van der Waals surface area (Å²) < 4.78 is 1.02. The van der Waals surface area contributed by atoms with Crippen molar-refractivity contribution in [2.24, 2.45) is 0 Å². The van der Waals surface area contributed by atoms with Gasteiger partial charge in [0.25, 0.3) is 0 Å². The van der Waals surface area contributed by atoms with Crippen molar-refractivity contribution in [1.29, 1.82) is 0 Å². The van der Waals surface area contributed by atoms with Crippen LogP contribution in [-0.2, 0) is 0 Å². The Balaban J connectivity index is 2.26. The van der Waals surface area contributed by atoms with Crippen LogP contribution < -0.4 is 5.73 Å². The first-order valence-electron chi connectivity index (χ1n) is 5.15. The van der Waals surface area contributed by atoms with E-state index in [9.17, 15) is 0 Å². The lowest BCUT2D eigenvalue weighted by Gasteiger charge is -1.97. The lowest BCUT2D eigenvalue weighted by atomic mass is 10.2. The van der Waals surface area contributed by atoms with Crippen LogP contribution >= 0.6 is 22.9 Å². The van der Waals surface area contributed by atoms with Gasteiger partial charge in [-0.05, 0) is 18.2 Å². The summed E-state index contributed by atoms with van der Waals surface area (Å²) in [4.78, 5) is 4.56. The smallest absolute Gasteiger partial charge is 0.126 e. The van der Waals surface area contributed by atoms with Gasteiger partial charge >= 0.3 is 0 Å². The fourth-order valence-corrected chi connectivity index (χ4v) is 3.03. The van der Waals surface area contributed by atoms with E-state index in [1.807, 2.05) is 42.5 Å². The summed E-state index contributed by atoms with van der Waals surface area (Å²) >= 11 is 7.73. The maximum absolute atomic E-state index is 6.16. The van der Waals surface area contributed by atoms with Crippen molar-refractivity contribution in [1.82, 2.24) is 4.98 Å². The number of nitrogens with two attached hydrogens (primary N) is 1. The van der Waals surface area contributed by atoms with Crippen LogP contribution in [0.1, 0.15) is 0 Å². The SMILES string of the molecule is Nc1cccc2nc(-c3ccccc3Cl)sc12. The highest BCUT2D eigenvalue weighted by atomic mass is 35.5. The first-order chi connectivity index (χ1) is 8.25. The summed E-state index contributed by atoms with van der Waals surface area (Å²) in [5.41, 5.74) is 8.56. The number of aromatic nitrogens is 1. The molecule has 1 heterocycles. The molecule has 1 aromatic heterocycles. The van der Waals surface area contributed by atoms with E-state index in [-0.39, 0.29) is 0 Å². The molecule has 0 spiro atoms. The van der Waals surface area contributed by atoms with Gasteiger partial charge in [0.2, 0.25) is 0 Å². The zero-order chi connectivity index (χ0) is 11.8. The van der Waals surface area contributed by atoms with Gasteiger partial charge in [-0.1, -0.05) is 35.9 Å². The maximum Gasteiger partial charge on any atom is 0.126 e. The second-order valence-electron chi connectivity index (χ2n) is 3.69. The normalized spacial score (nSPS) is 10.9. The Kier molecular flexibility index (Phi) is 2.50. The van der Waals surface area contributed by atoms with Gasteiger partial charge in [0, 0.05) is 5.56 Å². The molecule has 3 rings (SSSR count). The number of hydrogen-bond acceptors (Lipinski definition) is 3. The lowest BCUT2D eigenvalue weighted by Crippen LogP contribution is -1.82. The molecule has 0 saturated carbocycles. The molecule has 84 valence electrons.